The van der Waals surface area contributed by atoms with E-state index in [1.165, 1.54) is 0 Å². The maximum absolute atomic E-state index is 9.10. The molecule has 14 heavy (non-hydrogen) atoms. The van der Waals surface area contributed by atoms with E-state index in [0.717, 1.165) is 5.57 Å². The summed E-state index contributed by atoms with van der Waals surface area (Å²) in [5.41, 5.74) is 0.961. The minimum atomic E-state index is -0.502. The number of aliphatic hydroxyl groups is 1. The number of hydrogen-bond acceptors (Lipinski definition) is 3. The van der Waals surface area contributed by atoms with E-state index in [9.17, 15) is 0 Å². The van der Waals surface area contributed by atoms with Gasteiger partial charge in [0.1, 0.15) is 6.10 Å². The summed E-state index contributed by atoms with van der Waals surface area (Å²) in [6.07, 6.45) is 2.11. The van der Waals surface area contributed by atoms with Crippen LogP contribution >= 0.6 is 0 Å². The van der Waals surface area contributed by atoms with Crippen LogP contribution in [0.3, 0.4) is 0 Å². The summed E-state index contributed by atoms with van der Waals surface area (Å²) in [7, 11) is 0. The van der Waals surface area contributed by atoms with E-state index >= 15 is 0 Å². The van der Waals surface area contributed by atoms with Crippen molar-refractivity contribution in [1.29, 1.82) is 0 Å². The summed E-state index contributed by atoms with van der Waals surface area (Å²) < 4.78 is 11.4. The number of ether oxygens (including phenoxy) is 2. The van der Waals surface area contributed by atoms with E-state index in [1.54, 1.807) is 0 Å². The molecule has 0 bridgehead atoms. The Morgan fingerprint density at radius 3 is 2.64 bits per heavy atom. The van der Waals surface area contributed by atoms with Crippen LogP contribution in [0.1, 0.15) is 20.8 Å². The second-order valence-corrected chi connectivity index (χ2v) is 4.28. The molecule has 1 radical (unpaired) electrons. The van der Waals surface area contributed by atoms with Crippen molar-refractivity contribution < 1.29 is 47.3 Å². The molecule has 0 saturated carbocycles. The Morgan fingerprint density at radius 1 is 1.43 bits per heavy atom. The number of hydrogen-bond donors (Lipinski definition) is 1. The zero-order valence-electron chi connectivity index (χ0n) is 8.86. The van der Waals surface area contributed by atoms with E-state index in [-0.39, 0.29) is 51.5 Å². The molecule has 4 heteroatoms. The predicted molar refractivity (Wildman–Crippen MR) is 48.2 cm³/mol. The molecule has 2 aliphatic rings. The van der Waals surface area contributed by atoms with Gasteiger partial charge >= 0.3 is 0 Å². The zero-order valence-corrected chi connectivity index (χ0v) is 11.7. The van der Waals surface area contributed by atoms with E-state index in [2.05, 4.69) is 6.92 Å². The second kappa shape index (κ2) is 4.30. The third-order valence-corrected chi connectivity index (χ3v) is 2.67. The fourth-order valence-electron chi connectivity index (χ4n) is 2.13. The molecule has 1 aliphatic heterocycles. The third-order valence-electron chi connectivity index (χ3n) is 2.67. The number of aliphatic hydroxyl groups excluding tert-OH is 1. The van der Waals surface area contributed by atoms with Gasteiger partial charge < -0.3 is 14.6 Å². The number of rotatable bonds is 1. The molecule has 1 N–H and O–H groups in total. The van der Waals surface area contributed by atoms with Gasteiger partial charge in [-0.25, -0.2) is 0 Å². The van der Waals surface area contributed by atoms with Gasteiger partial charge in [0, 0.05) is 38.6 Å². The van der Waals surface area contributed by atoms with E-state index < -0.39 is 5.79 Å². The van der Waals surface area contributed by atoms with E-state index in [0.29, 0.717) is 5.92 Å². The van der Waals surface area contributed by atoms with Gasteiger partial charge in [-0.1, -0.05) is 13.0 Å². The summed E-state index contributed by atoms with van der Waals surface area (Å²) in [6.45, 7) is 5.98. The molecule has 1 fully saturated rings. The number of fused-ring (bicyclic) bond motifs is 1. The van der Waals surface area contributed by atoms with Crippen molar-refractivity contribution in [2.45, 2.75) is 38.8 Å². The molecule has 0 amide bonds. The zero-order chi connectivity index (χ0) is 9.64. The van der Waals surface area contributed by atoms with Gasteiger partial charge in [0.05, 0.1) is 12.7 Å². The molecule has 1 heterocycles. The summed E-state index contributed by atoms with van der Waals surface area (Å²) in [6, 6.07) is 0. The summed E-state index contributed by atoms with van der Waals surface area (Å²) in [5, 5.41) is 9.10. The first-order valence-electron chi connectivity index (χ1n) is 4.70. The van der Waals surface area contributed by atoms with Crippen LogP contribution < -0.4 is 0 Å². The van der Waals surface area contributed by atoms with Crippen molar-refractivity contribution in [3.8, 4) is 0 Å². The van der Waals surface area contributed by atoms with Crippen molar-refractivity contribution in [2.75, 3.05) is 6.61 Å². The Labute approximate surface area is 110 Å². The fraction of sp³-hybridized carbons (Fsp3) is 0.800. The van der Waals surface area contributed by atoms with E-state index in [4.69, 9.17) is 14.6 Å². The van der Waals surface area contributed by atoms with Gasteiger partial charge in [-0.05, 0) is 19.4 Å². The van der Waals surface area contributed by atoms with Crippen LogP contribution in [0.25, 0.3) is 0 Å². The minimum Gasteiger partial charge on any atom is -0.392 e. The average molecular weight is 273 g/mol. The van der Waals surface area contributed by atoms with Crippen LogP contribution in [-0.4, -0.2) is 29.7 Å². The molecular formula is C10H16O3Y. The van der Waals surface area contributed by atoms with Crippen molar-refractivity contribution in [2.24, 2.45) is 5.92 Å². The van der Waals surface area contributed by atoms with Gasteiger partial charge in [-0.2, -0.15) is 0 Å². The van der Waals surface area contributed by atoms with Crippen molar-refractivity contribution >= 4 is 0 Å². The summed E-state index contributed by atoms with van der Waals surface area (Å²) in [4.78, 5) is 0. The minimum absolute atomic E-state index is 0. The Balaban J connectivity index is 0.000000980. The molecular weight excluding hydrogens is 257 g/mol. The SMILES string of the molecule is C[C@H]1C=C(CO)[C@H]2OC(C)(C)OC21.[Y]. The Morgan fingerprint density at radius 2 is 2.07 bits per heavy atom. The molecule has 1 saturated heterocycles. The van der Waals surface area contributed by atoms with Crippen LogP contribution in [-0.2, 0) is 42.2 Å². The quantitative estimate of drug-likeness (QED) is 0.726. The van der Waals surface area contributed by atoms with Crippen molar-refractivity contribution in [3.63, 3.8) is 0 Å². The van der Waals surface area contributed by atoms with Gasteiger partial charge in [0.2, 0.25) is 0 Å². The smallest absolute Gasteiger partial charge is 0.164 e. The molecule has 1 aliphatic carbocycles. The molecule has 2 rings (SSSR count). The normalized spacial score (nSPS) is 38.9. The standard InChI is InChI=1S/C10H16O3.Y/c1-6-4-7(5-11)9-8(6)12-10(2,3)13-9;/h4,6,8-9,11H,5H2,1-3H3;/t6-,8?,9+;/m0./s1. The first-order valence-corrected chi connectivity index (χ1v) is 4.70. The van der Waals surface area contributed by atoms with Gasteiger partial charge in [0.15, 0.2) is 5.79 Å². The maximum Gasteiger partial charge on any atom is 0.164 e. The Hall–Kier alpha value is 0.724. The molecule has 0 aromatic heterocycles. The van der Waals surface area contributed by atoms with Gasteiger partial charge in [-0.15, -0.1) is 0 Å². The maximum atomic E-state index is 9.10. The fourth-order valence-corrected chi connectivity index (χ4v) is 2.13. The van der Waals surface area contributed by atoms with Crippen LogP contribution in [0.2, 0.25) is 0 Å². The van der Waals surface area contributed by atoms with Crippen LogP contribution in [0, 0.1) is 5.92 Å². The molecule has 0 aromatic rings. The summed E-state index contributed by atoms with van der Waals surface area (Å²) >= 11 is 0. The first kappa shape index (κ1) is 12.8. The van der Waals surface area contributed by atoms with Gasteiger partial charge in [0.25, 0.3) is 0 Å². The Kier molecular flexibility index (Phi) is 3.93. The van der Waals surface area contributed by atoms with E-state index in [1.807, 2.05) is 19.9 Å². The largest absolute Gasteiger partial charge is 0.392 e. The molecule has 3 atom stereocenters. The molecule has 3 nitrogen and oxygen atoms in total. The van der Waals surface area contributed by atoms with Crippen LogP contribution in [0.4, 0.5) is 0 Å². The van der Waals surface area contributed by atoms with Crippen molar-refractivity contribution in [3.05, 3.63) is 11.6 Å². The topological polar surface area (TPSA) is 38.7 Å². The van der Waals surface area contributed by atoms with Gasteiger partial charge in [-0.3, -0.25) is 0 Å². The van der Waals surface area contributed by atoms with Crippen LogP contribution in [0.15, 0.2) is 11.6 Å². The first-order chi connectivity index (χ1) is 6.03. The molecule has 0 spiro atoms. The van der Waals surface area contributed by atoms with Crippen molar-refractivity contribution in [1.82, 2.24) is 0 Å². The van der Waals surface area contributed by atoms with Crippen LogP contribution in [0.5, 0.6) is 0 Å². The second-order valence-electron chi connectivity index (χ2n) is 4.28. The molecule has 1 unspecified atom stereocenters. The molecule has 0 aromatic carbocycles. The average Bonchev–Trinajstić information content (AvgIpc) is 2.47. The monoisotopic (exact) mass is 273 g/mol. The third kappa shape index (κ3) is 2.12. The Bertz CT molecular complexity index is 250. The summed E-state index contributed by atoms with van der Waals surface area (Å²) in [5.74, 6) is -0.160. The molecule has 77 valence electrons. The predicted octanol–water partition coefficient (Wildman–Crippen LogP) is 1.07.